The van der Waals surface area contributed by atoms with Crippen LogP contribution in [0, 0.1) is 13.8 Å². The molecule has 158 valence electrons. The zero-order valence-corrected chi connectivity index (χ0v) is 18.2. The predicted molar refractivity (Wildman–Crippen MR) is 115 cm³/mol. The number of anilines is 1. The summed E-state index contributed by atoms with van der Waals surface area (Å²) in [5.74, 6) is 2.32. The molecule has 1 amide bonds. The van der Waals surface area contributed by atoms with Gasteiger partial charge in [-0.2, -0.15) is 5.10 Å². The van der Waals surface area contributed by atoms with Gasteiger partial charge in [0.15, 0.2) is 11.0 Å². The van der Waals surface area contributed by atoms with Crippen LogP contribution in [0.15, 0.2) is 22.1 Å². The molecule has 1 saturated heterocycles. The number of fused-ring (bicyclic) bond motifs is 1. The van der Waals surface area contributed by atoms with E-state index in [4.69, 9.17) is 0 Å². The van der Waals surface area contributed by atoms with E-state index in [0.717, 1.165) is 41.2 Å². The third kappa shape index (κ3) is 3.59. The summed E-state index contributed by atoms with van der Waals surface area (Å²) in [5, 5.41) is 9.50. The summed E-state index contributed by atoms with van der Waals surface area (Å²) in [4.78, 5) is 34.2. The Morgan fingerprint density at radius 2 is 1.90 bits per heavy atom. The van der Waals surface area contributed by atoms with E-state index in [9.17, 15) is 9.59 Å². The number of rotatable bonds is 4. The number of aromatic nitrogens is 4. The molecule has 30 heavy (non-hydrogen) atoms. The first-order valence-corrected chi connectivity index (χ1v) is 11.6. The highest BCUT2D eigenvalue weighted by atomic mass is 32.2. The molecule has 2 aromatic heterocycles. The van der Waals surface area contributed by atoms with E-state index in [1.165, 1.54) is 12.8 Å². The van der Waals surface area contributed by atoms with Crippen LogP contribution in [0.5, 0.6) is 0 Å². The average Bonchev–Trinajstić information content (AvgIpc) is 3.54. The largest absolute Gasteiger partial charge is 0.352 e. The molecule has 9 heteroatoms. The molecule has 0 N–H and O–H groups in total. The second-order valence-electron chi connectivity index (χ2n) is 8.41. The lowest BCUT2D eigenvalue weighted by Gasteiger charge is -2.35. The van der Waals surface area contributed by atoms with Gasteiger partial charge in [0.2, 0.25) is 5.91 Å². The van der Waals surface area contributed by atoms with Gasteiger partial charge in [-0.1, -0.05) is 11.8 Å². The number of hydrogen-bond donors (Lipinski definition) is 0. The molecule has 0 spiro atoms. The topological polar surface area (TPSA) is 84.2 Å². The first-order valence-electron chi connectivity index (χ1n) is 10.6. The Hall–Kier alpha value is -2.42. The standard InChI is InChI=1S/C21H26N6O2S/c1-13-14(2)22-21-27(20(13)29)16(12-30-21)11-19(28)26-9-7-25(8-10-26)18-6-5-17(23-24-18)15-3-4-15/h5-6,15-16H,3-4,7-12H2,1-2H3. The van der Waals surface area contributed by atoms with Gasteiger partial charge >= 0.3 is 0 Å². The van der Waals surface area contributed by atoms with Crippen molar-refractivity contribution >= 4 is 23.5 Å². The minimum absolute atomic E-state index is 0.0154. The zero-order valence-electron chi connectivity index (χ0n) is 17.4. The van der Waals surface area contributed by atoms with Crippen molar-refractivity contribution in [3.8, 4) is 0 Å². The van der Waals surface area contributed by atoms with Gasteiger partial charge < -0.3 is 9.80 Å². The van der Waals surface area contributed by atoms with Crippen molar-refractivity contribution in [3.63, 3.8) is 0 Å². The highest BCUT2D eigenvalue weighted by molar-refractivity contribution is 7.99. The maximum atomic E-state index is 12.9. The molecule has 3 aliphatic rings. The number of nitrogens with zero attached hydrogens (tertiary/aromatic N) is 6. The van der Waals surface area contributed by atoms with E-state index >= 15 is 0 Å². The van der Waals surface area contributed by atoms with Crippen molar-refractivity contribution in [1.29, 1.82) is 0 Å². The molecule has 5 rings (SSSR count). The molecule has 1 unspecified atom stereocenters. The SMILES string of the molecule is Cc1nc2n(c(=O)c1C)C(CC(=O)N1CCN(c3ccc(C4CC4)nn3)CC1)CS2. The minimum atomic E-state index is -0.115. The maximum absolute atomic E-state index is 12.9. The molecular formula is C21H26N6O2S. The van der Waals surface area contributed by atoms with Gasteiger partial charge in [0.05, 0.1) is 11.7 Å². The molecule has 8 nitrogen and oxygen atoms in total. The molecule has 2 aliphatic heterocycles. The molecule has 1 aliphatic carbocycles. The normalized spacial score (nSPS) is 21.1. The molecule has 1 saturated carbocycles. The second-order valence-corrected chi connectivity index (χ2v) is 9.39. The highest BCUT2D eigenvalue weighted by Gasteiger charge is 2.31. The van der Waals surface area contributed by atoms with E-state index in [2.05, 4.69) is 32.2 Å². The van der Waals surface area contributed by atoms with Crippen LogP contribution >= 0.6 is 11.8 Å². The molecule has 2 aromatic rings. The molecule has 2 fully saturated rings. The van der Waals surface area contributed by atoms with Crippen LogP contribution in [-0.4, -0.2) is 62.5 Å². The quantitative estimate of drug-likeness (QED) is 0.691. The Labute approximate surface area is 179 Å². The number of hydrogen-bond acceptors (Lipinski definition) is 7. The van der Waals surface area contributed by atoms with Gasteiger partial charge in [0.1, 0.15) is 0 Å². The van der Waals surface area contributed by atoms with Gasteiger partial charge in [-0.15, -0.1) is 5.10 Å². The van der Waals surface area contributed by atoms with E-state index in [-0.39, 0.29) is 17.5 Å². The molecule has 1 atom stereocenters. The molecule has 0 bridgehead atoms. The maximum Gasteiger partial charge on any atom is 0.257 e. The average molecular weight is 427 g/mol. The molecule has 0 aromatic carbocycles. The number of amides is 1. The van der Waals surface area contributed by atoms with Crippen molar-refractivity contribution in [1.82, 2.24) is 24.6 Å². The number of thioether (sulfide) groups is 1. The first-order chi connectivity index (χ1) is 14.5. The predicted octanol–water partition coefficient (Wildman–Crippen LogP) is 1.91. The van der Waals surface area contributed by atoms with Crippen molar-refractivity contribution in [2.75, 3.05) is 36.8 Å². The zero-order chi connectivity index (χ0) is 20.8. The fourth-order valence-corrected chi connectivity index (χ4v) is 5.32. The lowest BCUT2D eigenvalue weighted by Crippen LogP contribution is -2.49. The van der Waals surface area contributed by atoms with Gasteiger partial charge in [0.25, 0.3) is 5.56 Å². The van der Waals surface area contributed by atoms with Gasteiger partial charge in [-0.05, 0) is 38.8 Å². The highest BCUT2D eigenvalue weighted by Crippen LogP contribution is 2.38. The van der Waals surface area contributed by atoms with Crippen molar-refractivity contribution < 1.29 is 4.79 Å². The smallest absolute Gasteiger partial charge is 0.257 e. The Kier molecular flexibility index (Phi) is 5.00. The van der Waals surface area contributed by atoms with Crippen LogP contribution in [0.25, 0.3) is 0 Å². The van der Waals surface area contributed by atoms with Crippen LogP contribution in [0.4, 0.5) is 5.82 Å². The summed E-state index contributed by atoms with van der Waals surface area (Å²) in [7, 11) is 0. The van der Waals surface area contributed by atoms with E-state index in [1.54, 1.807) is 23.3 Å². The first kappa shape index (κ1) is 19.5. The Morgan fingerprint density at radius 3 is 2.57 bits per heavy atom. The fourth-order valence-electron chi connectivity index (χ4n) is 4.14. The summed E-state index contributed by atoms with van der Waals surface area (Å²) >= 11 is 1.56. The van der Waals surface area contributed by atoms with Crippen molar-refractivity contribution in [2.24, 2.45) is 0 Å². The lowest BCUT2D eigenvalue weighted by molar-refractivity contribution is -0.132. The van der Waals surface area contributed by atoms with Crippen molar-refractivity contribution in [3.05, 3.63) is 39.4 Å². The number of carbonyl (C=O) groups is 1. The Balaban J connectivity index is 1.20. The third-order valence-corrected chi connectivity index (χ3v) is 7.45. The van der Waals surface area contributed by atoms with Crippen molar-refractivity contribution in [2.45, 2.75) is 50.2 Å². The summed E-state index contributed by atoms with van der Waals surface area (Å²) in [6.45, 7) is 6.49. The van der Waals surface area contributed by atoms with Gasteiger partial charge in [-0.25, -0.2) is 4.98 Å². The monoisotopic (exact) mass is 426 g/mol. The van der Waals surface area contributed by atoms with Gasteiger partial charge in [0, 0.05) is 55.5 Å². The lowest BCUT2D eigenvalue weighted by atomic mass is 10.1. The van der Waals surface area contributed by atoms with Crippen LogP contribution in [-0.2, 0) is 4.79 Å². The number of carbonyl (C=O) groups excluding carboxylic acids is 1. The Morgan fingerprint density at radius 1 is 1.13 bits per heavy atom. The summed E-state index contributed by atoms with van der Waals surface area (Å²) in [6.07, 6.45) is 2.79. The summed E-state index contributed by atoms with van der Waals surface area (Å²) < 4.78 is 1.72. The third-order valence-electron chi connectivity index (χ3n) is 6.36. The summed E-state index contributed by atoms with van der Waals surface area (Å²) in [6, 6.07) is 4.02. The number of piperazine rings is 1. The van der Waals surface area contributed by atoms with Crippen LogP contribution in [0.3, 0.4) is 0 Å². The minimum Gasteiger partial charge on any atom is -0.352 e. The Bertz CT molecular complexity index is 1030. The van der Waals surface area contributed by atoms with E-state index in [0.29, 0.717) is 31.0 Å². The number of aryl methyl sites for hydroxylation is 1. The molecule has 0 radical (unpaired) electrons. The molecule has 4 heterocycles. The van der Waals surface area contributed by atoms with Crippen LogP contribution in [0.1, 0.15) is 48.2 Å². The van der Waals surface area contributed by atoms with Crippen LogP contribution in [0.2, 0.25) is 0 Å². The van der Waals surface area contributed by atoms with E-state index < -0.39 is 0 Å². The second kappa shape index (κ2) is 7.68. The molecular weight excluding hydrogens is 400 g/mol. The van der Waals surface area contributed by atoms with E-state index in [1.807, 2.05) is 11.8 Å². The summed E-state index contributed by atoms with van der Waals surface area (Å²) in [5.41, 5.74) is 2.52. The van der Waals surface area contributed by atoms with Gasteiger partial charge in [-0.3, -0.25) is 14.2 Å². The fraction of sp³-hybridized carbons (Fsp3) is 0.571. The van der Waals surface area contributed by atoms with Crippen LogP contribution < -0.4 is 10.5 Å².